The van der Waals surface area contributed by atoms with Gasteiger partial charge in [-0.25, -0.2) is 0 Å². The molecule has 20 heavy (non-hydrogen) atoms. The summed E-state index contributed by atoms with van der Waals surface area (Å²) in [5, 5.41) is 4.44. The molecule has 1 aliphatic carbocycles. The molecular weight excluding hydrogens is 334 g/mol. The van der Waals surface area contributed by atoms with Gasteiger partial charge in [0, 0.05) is 15.5 Å². The number of rotatable bonds is 4. The monoisotopic (exact) mass is 357 g/mol. The van der Waals surface area contributed by atoms with Gasteiger partial charge in [0.15, 0.2) is 0 Å². The van der Waals surface area contributed by atoms with Crippen LogP contribution < -0.4 is 5.32 Å². The first-order chi connectivity index (χ1) is 9.42. The maximum absolute atomic E-state index is 6.08. The highest BCUT2D eigenvalue weighted by molar-refractivity contribution is 9.10. The van der Waals surface area contributed by atoms with Gasteiger partial charge < -0.3 is 5.32 Å². The molecule has 1 aromatic carbocycles. The molecule has 0 unspecified atom stereocenters. The number of halogens is 2. The quantitative estimate of drug-likeness (QED) is 0.647. The van der Waals surface area contributed by atoms with Gasteiger partial charge in [-0.3, -0.25) is 0 Å². The van der Waals surface area contributed by atoms with Crippen molar-refractivity contribution in [2.75, 3.05) is 5.32 Å². The number of hydrogen-bond acceptors (Lipinski definition) is 1. The number of benzene rings is 1. The van der Waals surface area contributed by atoms with Crippen LogP contribution in [-0.4, -0.2) is 6.04 Å². The maximum Gasteiger partial charge on any atom is 0.0501 e. The Morgan fingerprint density at radius 3 is 2.50 bits per heavy atom. The highest BCUT2D eigenvalue weighted by Gasteiger charge is 2.31. The van der Waals surface area contributed by atoms with Gasteiger partial charge in [0.05, 0.1) is 5.69 Å². The van der Waals surface area contributed by atoms with Crippen LogP contribution in [0.3, 0.4) is 0 Å². The van der Waals surface area contributed by atoms with Crippen LogP contribution in [0.1, 0.15) is 52.9 Å². The minimum absolute atomic E-state index is 0.488. The third-order valence-electron chi connectivity index (χ3n) is 5.03. The largest absolute Gasteiger partial charge is 0.381 e. The topological polar surface area (TPSA) is 12.0 Å². The first-order valence-corrected chi connectivity index (χ1v) is 8.81. The lowest BCUT2D eigenvalue weighted by Gasteiger charge is -2.39. The van der Waals surface area contributed by atoms with Crippen molar-refractivity contribution in [3.05, 3.63) is 27.7 Å². The lowest BCUT2D eigenvalue weighted by atomic mass is 9.69. The van der Waals surface area contributed by atoms with Crippen molar-refractivity contribution in [1.82, 2.24) is 0 Å². The van der Waals surface area contributed by atoms with Gasteiger partial charge in [0.25, 0.3) is 0 Å². The Labute approximate surface area is 136 Å². The second-order valence-corrected chi connectivity index (χ2v) is 7.95. The van der Waals surface area contributed by atoms with Crippen molar-refractivity contribution in [2.45, 2.75) is 58.9 Å². The van der Waals surface area contributed by atoms with Gasteiger partial charge in [0.1, 0.15) is 0 Å². The summed E-state index contributed by atoms with van der Waals surface area (Å²) in [7, 11) is 0. The lowest BCUT2D eigenvalue weighted by Crippen LogP contribution is -2.32. The van der Waals surface area contributed by atoms with E-state index in [1.54, 1.807) is 0 Å². The molecule has 1 aliphatic rings. The summed E-state index contributed by atoms with van der Waals surface area (Å²) in [4.78, 5) is 0. The molecule has 0 saturated heterocycles. The summed E-state index contributed by atoms with van der Waals surface area (Å²) in [6.07, 6.45) is 6.45. The van der Waals surface area contributed by atoms with Crippen molar-refractivity contribution < 1.29 is 0 Å². The molecule has 112 valence electrons. The second-order valence-electron chi connectivity index (χ2n) is 6.66. The normalized spacial score (nSPS) is 23.6. The van der Waals surface area contributed by atoms with Crippen molar-refractivity contribution in [1.29, 1.82) is 0 Å². The zero-order valence-electron chi connectivity index (χ0n) is 12.7. The molecule has 0 amide bonds. The smallest absolute Gasteiger partial charge is 0.0501 e. The lowest BCUT2D eigenvalue weighted by molar-refractivity contribution is 0.147. The SMILES string of the molecule is CCC(C)(C)C1CCC(Nc2cc(Cl)ccc2Br)CC1. The van der Waals surface area contributed by atoms with Crippen molar-refractivity contribution in [3.63, 3.8) is 0 Å². The van der Waals surface area contributed by atoms with Crippen LogP contribution in [0.15, 0.2) is 22.7 Å². The van der Waals surface area contributed by atoms with E-state index in [1.807, 2.05) is 18.2 Å². The molecule has 0 bridgehead atoms. The highest BCUT2D eigenvalue weighted by Crippen LogP contribution is 2.41. The molecule has 0 aromatic heterocycles. The van der Waals surface area contributed by atoms with Gasteiger partial charge in [-0.2, -0.15) is 0 Å². The van der Waals surface area contributed by atoms with Gasteiger partial charge in [-0.1, -0.05) is 38.8 Å². The summed E-state index contributed by atoms with van der Waals surface area (Å²) in [6.45, 7) is 7.14. The van der Waals surface area contributed by atoms with Crippen LogP contribution in [0.4, 0.5) is 5.69 Å². The Morgan fingerprint density at radius 1 is 1.25 bits per heavy atom. The minimum Gasteiger partial charge on any atom is -0.381 e. The van der Waals surface area contributed by atoms with E-state index < -0.39 is 0 Å². The molecule has 0 heterocycles. The molecule has 1 N–H and O–H groups in total. The average molecular weight is 359 g/mol. The van der Waals surface area contributed by atoms with E-state index in [0.717, 1.165) is 21.1 Å². The Morgan fingerprint density at radius 2 is 1.90 bits per heavy atom. The van der Waals surface area contributed by atoms with Crippen molar-refractivity contribution >= 4 is 33.2 Å². The van der Waals surface area contributed by atoms with Crippen LogP contribution >= 0.6 is 27.5 Å². The summed E-state index contributed by atoms with van der Waals surface area (Å²) in [5.74, 6) is 0.869. The number of nitrogens with one attached hydrogen (secondary N) is 1. The van der Waals surface area contributed by atoms with Gasteiger partial charge in [0.2, 0.25) is 0 Å². The maximum atomic E-state index is 6.08. The molecule has 0 atom stereocenters. The molecule has 1 nitrogen and oxygen atoms in total. The zero-order valence-corrected chi connectivity index (χ0v) is 15.0. The summed E-state index contributed by atoms with van der Waals surface area (Å²) in [6, 6.07) is 6.51. The predicted molar refractivity (Wildman–Crippen MR) is 92.6 cm³/mol. The fourth-order valence-electron chi connectivity index (χ4n) is 3.14. The van der Waals surface area contributed by atoms with E-state index in [4.69, 9.17) is 11.6 Å². The summed E-state index contributed by atoms with van der Waals surface area (Å²) >= 11 is 9.67. The van der Waals surface area contributed by atoms with Crippen LogP contribution in [-0.2, 0) is 0 Å². The van der Waals surface area contributed by atoms with Crippen molar-refractivity contribution in [3.8, 4) is 0 Å². The molecule has 1 fully saturated rings. The molecule has 1 saturated carbocycles. The highest BCUT2D eigenvalue weighted by atomic mass is 79.9. The first-order valence-electron chi connectivity index (χ1n) is 7.64. The molecule has 1 aromatic rings. The Hall–Kier alpha value is -0.210. The fourth-order valence-corrected chi connectivity index (χ4v) is 3.67. The van der Waals surface area contributed by atoms with E-state index in [-0.39, 0.29) is 0 Å². The van der Waals surface area contributed by atoms with E-state index in [2.05, 4.69) is 42.0 Å². The third-order valence-corrected chi connectivity index (χ3v) is 5.96. The number of anilines is 1. The Bertz CT molecular complexity index is 450. The van der Waals surface area contributed by atoms with E-state index >= 15 is 0 Å². The second kappa shape index (κ2) is 6.70. The molecule has 0 radical (unpaired) electrons. The predicted octanol–water partition coefficient (Wildman–Crippen LogP) is 6.51. The Balaban J connectivity index is 1.93. The van der Waals surface area contributed by atoms with E-state index in [9.17, 15) is 0 Å². The number of hydrogen-bond donors (Lipinski definition) is 1. The fraction of sp³-hybridized carbons (Fsp3) is 0.647. The van der Waals surface area contributed by atoms with Crippen LogP contribution in [0, 0.1) is 11.3 Å². The zero-order chi connectivity index (χ0) is 14.8. The minimum atomic E-state index is 0.488. The standard InChI is InChI=1S/C17H25BrClN/c1-4-17(2,3)12-5-8-14(9-6-12)20-16-11-13(19)7-10-15(16)18/h7,10-12,14,20H,4-6,8-9H2,1-3H3. The molecule has 2 rings (SSSR count). The molecule has 0 aliphatic heterocycles. The van der Waals surface area contributed by atoms with Gasteiger partial charge >= 0.3 is 0 Å². The van der Waals surface area contributed by atoms with Crippen molar-refractivity contribution in [2.24, 2.45) is 11.3 Å². The molecule has 0 spiro atoms. The van der Waals surface area contributed by atoms with Crippen LogP contribution in [0.5, 0.6) is 0 Å². The third kappa shape index (κ3) is 3.92. The summed E-state index contributed by atoms with van der Waals surface area (Å²) in [5.41, 5.74) is 1.61. The summed E-state index contributed by atoms with van der Waals surface area (Å²) < 4.78 is 1.10. The average Bonchev–Trinajstić information content (AvgIpc) is 2.43. The molecular formula is C17H25BrClN. The molecule has 3 heteroatoms. The Kier molecular flexibility index (Phi) is 5.42. The van der Waals surface area contributed by atoms with Gasteiger partial charge in [-0.15, -0.1) is 0 Å². The first kappa shape index (κ1) is 16.2. The van der Waals surface area contributed by atoms with Gasteiger partial charge in [-0.05, 0) is 71.1 Å². The van der Waals surface area contributed by atoms with Crippen LogP contribution in [0.2, 0.25) is 5.02 Å². The van der Waals surface area contributed by atoms with E-state index in [1.165, 1.54) is 32.1 Å². The van der Waals surface area contributed by atoms with E-state index in [0.29, 0.717) is 11.5 Å². The van der Waals surface area contributed by atoms with Crippen LogP contribution in [0.25, 0.3) is 0 Å².